The molecule has 0 atom stereocenters. The van der Waals surface area contributed by atoms with Gasteiger partial charge in [0.25, 0.3) is 0 Å². The molecule has 0 saturated heterocycles. The normalized spacial score (nSPS) is 10.4. The van der Waals surface area contributed by atoms with Crippen LogP contribution in [-0.2, 0) is 13.0 Å². The van der Waals surface area contributed by atoms with Gasteiger partial charge in [-0.2, -0.15) is 0 Å². The SMILES string of the molecule is COc1c(C)c(C)c(OCc2ccccc2)c(C)c1CC=C(C)C. The van der Waals surface area contributed by atoms with E-state index < -0.39 is 0 Å². The van der Waals surface area contributed by atoms with Gasteiger partial charge in [0, 0.05) is 5.56 Å². The van der Waals surface area contributed by atoms with Crippen molar-refractivity contribution in [3.63, 3.8) is 0 Å². The van der Waals surface area contributed by atoms with E-state index in [1.807, 2.05) is 18.2 Å². The Labute approximate surface area is 146 Å². The highest BCUT2D eigenvalue weighted by atomic mass is 16.5. The lowest BCUT2D eigenvalue weighted by atomic mass is 9.95. The monoisotopic (exact) mass is 324 g/mol. The minimum Gasteiger partial charge on any atom is -0.496 e. The molecule has 0 fully saturated rings. The Kier molecular flexibility index (Phi) is 6.08. The second-order valence-electron chi connectivity index (χ2n) is 6.48. The van der Waals surface area contributed by atoms with E-state index in [1.54, 1.807) is 7.11 Å². The standard InChI is InChI=1S/C22H28O2/c1-15(2)12-13-20-18(5)21(16(3)17(4)22(20)23-6)24-14-19-10-8-7-9-11-19/h7-12H,13-14H2,1-6H3. The van der Waals surface area contributed by atoms with Gasteiger partial charge in [0.2, 0.25) is 0 Å². The van der Waals surface area contributed by atoms with Crippen molar-refractivity contribution in [2.75, 3.05) is 7.11 Å². The molecule has 2 nitrogen and oxygen atoms in total. The molecule has 2 aromatic rings. The number of ether oxygens (including phenoxy) is 2. The van der Waals surface area contributed by atoms with Crippen molar-refractivity contribution in [3.05, 3.63) is 69.8 Å². The van der Waals surface area contributed by atoms with Gasteiger partial charge in [-0.3, -0.25) is 0 Å². The summed E-state index contributed by atoms with van der Waals surface area (Å²) >= 11 is 0. The van der Waals surface area contributed by atoms with E-state index in [-0.39, 0.29) is 0 Å². The fourth-order valence-electron chi connectivity index (χ4n) is 2.93. The van der Waals surface area contributed by atoms with E-state index in [0.717, 1.165) is 29.0 Å². The van der Waals surface area contributed by atoms with Gasteiger partial charge >= 0.3 is 0 Å². The molecule has 0 aromatic heterocycles. The molecule has 2 rings (SSSR count). The van der Waals surface area contributed by atoms with Gasteiger partial charge in [-0.25, -0.2) is 0 Å². The van der Waals surface area contributed by atoms with Crippen molar-refractivity contribution in [1.29, 1.82) is 0 Å². The first kappa shape index (κ1) is 18.1. The Hall–Kier alpha value is -2.22. The summed E-state index contributed by atoms with van der Waals surface area (Å²) in [6, 6.07) is 10.3. The van der Waals surface area contributed by atoms with Crippen LogP contribution in [-0.4, -0.2) is 7.11 Å². The average molecular weight is 324 g/mol. The lowest BCUT2D eigenvalue weighted by molar-refractivity contribution is 0.300. The molecule has 128 valence electrons. The lowest BCUT2D eigenvalue weighted by Gasteiger charge is -2.21. The maximum Gasteiger partial charge on any atom is 0.126 e. The van der Waals surface area contributed by atoms with Crippen LogP contribution in [0, 0.1) is 20.8 Å². The van der Waals surface area contributed by atoms with E-state index in [9.17, 15) is 0 Å². The van der Waals surface area contributed by atoms with E-state index in [1.165, 1.54) is 22.3 Å². The van der Waals surface area contributed by atoms with Gasteiger partial charge in [-0.05, 0) is 63.3 Å². The molecular weight excluding hydrogens is 296 g/mol. The Bertz CT molecular complexity index is 724. The van der Waals surface area contributed by atoms with Gasteiger partial charge in [0.15, 0.2) is 0 Å². The third kappa shape index (κ3) is 4.00. The molecule has 0 aliphatic heterocycles. The number of hydrogen-bond donors (Lipinski definition) is 0. The molecule has 0 aliphatic rings. The first-order valence-corrected chi connectivity index (χ1v) is 8.42. The molecule has 0 spiro atoms. The zero-order chi connectivity index (χ0) is 17.7. The van der Waals surface area contributed by atoms with Gasteiger partial charge in [0.1, 0.15) is 18.1 Å². The van der Waals surface area contributed by atoms with Gasteiger partial charge < -0.3 is 9.47 Å². The Morgan fingerprint density at radius 2 is 1.54 bits per heavy atom. The fourth-order valence-corrected chi connectivity index (χ4v) is 2.93. The van der Waals surface area contributed by atoms with Crippen molar-refractivity contribution in [2.45, 2.75) is 47.6 Å². The largest absolute Gasteiger partial charge is 0.496 e. The molecule has 0 heterocycles. The summed E-state index contributed by atoms with van der Waals surface area (Å²) in [5.74, 6) is 1.96. The molecule has 0 radical (unpaired) electrons. The minimum atomic E-state index is 0.580. The van der Waals surface area contributed by atoms with Crippen LogP contribution in [0.1, 0.15) is 41.7 Å². The minimum absolute atomic E-state index is 0.580. The third-order valence-electron chi connectivity index (χ3n) is 4.46. The Morgan fingerprint density at radius 3 is 2.12 bits per heavy atom. The molecule has 0 unspecified atom stereocenters. The molecule has 0 amide bonds. The predicted octanol–water partition coefficient (Wildman–Crippen LogP) is 5.71. The molecule has 2 heteroatoms. The lowest BCUT2D eigenvalue weighted by Crippen LogP contribution is -2.06. The van der Waals surface area contributed by atoms with Crippen LogP contribution in [0.3, 0.4) is 0 Å². The van der Waals surface area contributed by atoms with Crippen LogP contribution in [0.5, 0.6) is 11.5 Å². The van der Waals surface area contributed by atoms with Gasteiger partial charge in [-0.1, -0.05) is 42.0 Å². The number of methoxy groups -OCH3 is 1. The highest BCUT2D eigenvalue weighted by Gasteiger charge is 2.18. The van der Waals surface area contributed by atoms with Crippen molar-refractivity contribution in [1.82, 2.24) is 0 Å². The second kappa shape index (κ2) is 8.05. The fraction of sp³-hybridized carbons (Fsp3) is 0.364. The summed E-state index contributed by atoms with van der Waals surface area (Å²) in [4.78, 5) is 0. The molecule has 2 aromatic carbocycles. The van der Waals surface area contributed by atoms with E-state index in [4.69, 9.17) is 9.47 Å². The van der Waals surface area contributed by atoms with Gasteiger partial charge in [0.05, 0.1) is 7.11 Å². The van der Waals surface area contributed by atoms with Crippen LogP contribution < -0.4 is 9.47 Å². The number of rotatable bonds is 6. The zero-order valence-corrected chi connectivity index (χ0v) is 15.7. The Balaban J connectivity index is 2.41. The van der Waals surface area contributed by atoms with Crippen molar-refractivity contribution in [2.24, 2.45) is 0 Å². The van der Waals surface area contributed by atoms with Gasteiger partial charge in [-0.15, -0.1) is 0 Å². The van der Waals surface area contributed by atoms with Crippen LogP contribution in [0.4, 0.5) is 0 Å². The van der Waals surface area contributed by atoms with E-state index in [2.05, 4.69) is 52.8 Å². The zero-order valence-electron chi connectivity index (χ0n) is 15.7. The topological polar surface area (TPSA) is 18.5 Å². The van der Waals surface area contributed by atoms with Crippen LogP contribution in [0.15, 0.2) is 42.0 Å². The maximum absolute atomic E-state index is 6.21. The summed E-state index contributed by atoms with van der Waals surface area (Å²) < 4.78 is 11.9. The second-order valence-corrected chi connectivity index (χ2v) is 6.48. The predicted molar refractivity (Wildman–Crippen MR) is 101 cm³/mol. The van der Waals surface area contributed by atoms with Crippen molar-refractivity contribution in [3.8, 4) is 11.5 Å². The number of benzene rings is 2. The summed E-state index contributed by atoms with van der Waals surface area (Å²) in [5.41, 5.74) is 7.18. The molecular formula is C22H28O2. The quantitative estimate of drug-likeness (QED) is 0.634. The highest BCUT2D eigenvalue weighted by molar-refractivity contribution is 5.58. The van der Waals surface area contributed by atoms with Crippen molar-refractivity contribution < 1.29 is 9.47 Å². The number of hydrogen-bond acceptors (Lipinski definition) is 2. The first-order chi connectivity index (χ1) is 11.5. The molecule has 24 heavy (non-hydrogen) atoms. The molecule has 0 N–H and O–H groups in total. The van der Waals surface area contributed by atoms with Crippen molar-refractivity contribution >= 4 is 0 Å². The molecule has 0 aliphatic carbocycles. The van der Waals surface area contributed by atoms with Crippen LogP contribution in [0.25, 0.3) is 0 Å². The third-order valence-corrected chi connectivity index (χ3v) is 4.46. The number of allylic oxidation sites excluding steroid dienone is 2. The molecule has 0 saturated carbocycles. The summed E-state index contributed by atoms with van der Waals surface area (Å²) in [7, 11) is 1.75. The summed E-state index contributed by atoms with van der Waals surface area (Å²) in [6.45, 7) is 11.2. The first-order valence-electron chi connectivity index (χ1n) is 8.42. The highest BCUT2D eigenvalue weighted by Crippen LogP contribution is 2.38. The average Bonchev–Trinajstić information content (AvgIpc) is 2.57. The van der Waals surface area contributed by atoms with Crippen LogP contribution >= 0.6 is 0 Å². The maximum atomic E-state index is 6.21. The smallest absolute Gasteiger partial charge is 0.126 e. The van der Waals surface area contributed by atoms with E-state index >= 15 is 0 Å². The summed E-state index contributed by atoms with van der Waals surface area (Å²) in [6.07, 6.45) is 3.10. The molecule has 0 bridgehead atoms. The summed E-state index contributed by atoms with van der Waals surface area (Å²) in [5, 5.41) is 0. The van der Waals surface area contributed by atoms with E-state index in [0.29, 0.717) is 6.61 Å². The Morgan fingerprint density at radius 1 is 0.917 bits per heavy atom. The van der Waals surface area contributed by atoms with Crippen LogP contribution in [0.2, 0.25) is 0 Å².